The minimum Gasteiger partial charge on any atom is -0.320 e. The Balaban J connectivity index is 1.74. The van der Waals surface area contributed by atoms with Crippen molar-refractivity contribution in [3.8, 4) is 0 Å². The van der Waals surface area contributed by atoms with E-state index < -0.39 is 0 Å². The first kappa shape index (κ1) is 14.6. The molecule has 1 aromatic heterocycles. The number of rotatable bonds is 2. The maximum absolute atomic E-state index is 12.7. The summed E-state index contributed by atoms with van der Waals surface area (Å²) in [7, 11) is 0. The van der Waals surface area contributed by atoms with Gasteiger partial charge in [-0.2, -0.15) is 5.10 Å². The maximum Gasteiger partial charge on any atom is 0.276 e. The summed E-state index contributed by atoms with van der Waals surface area (Å²) >= 11 is 0. The van der Waals surface area contributed by atoms with Crippen molar-refractivity contribution < 1.29 is 4.79 Å². The Kier molecular flexibility index (Phi) is 3.61. The number of nitrogens with zero attached hydrogens (tertiary/aromatic N) is 1. The second-order valence-electron chi connectivity index (χ2n) is 6.05. The van der Waals surface area contributed by atoms with Gasteiger partial charge in [0.2, 0.25) is 0 Å². The first-order valence-electron chi connectivity index (χ1n) is 8.13. The van der Waals surface area contributed by atoms with Crippen LogP contribution in [0.2, 0.25) is 0 Å². The number of aryl methyl sites for hydroxylation is 1. The molecule has 0 fully saturated rings. The molecule has 0 bridgehead atoms. The van der Waals surface area contributed by atoms with Crippen LogP contribution in [-0.4, -0.2) is 16.1 Å². The second-order valence-corrected chi connectivity index (χ2v) is 6.05. The van der Waals surface area contributed by atoms with Gasteiger partial charge in [0.1, 0.15) is 0 Å². The lowest BCUT2D eigenvalue weighted by atomic mass is 9.90. The van der Waals surface area contributed by atoms with Gasteiger partial charge in [0, 0.05) is 11.1 Å². The molecule has 0 unspecified atom stereocenters. The largest absolute Gasteiger partial charge is 0.320 e. The molecular formula is C19H17N3O2. The molecule has 1 amide bonds. The first-order chi connectivity index (χ1) is 11.7. The summed E-state index contributed by atoms with van der Waals surface area (Å²) in [6.07, 6.45) is 4.36. The fraction of sp³-hybridized carbons (Fsp3) is 0.211. The van der Waals surface area contributed by atoms with Gasteiger partial charge in [0.25, 0.3) is 11.5 Å². The molecule has 2 N–H and O–H groups in total. The van der Waals surface area contributed by atoms with Crippen LogP contribution in [0.5, 0.6) is 0 Å². The first-order valence-corrected chi connectivity index (χ1v) is 8.13. The lowest BCUT2D eigenvalue weighted by Crippen LogP contribution is -2.20. The van der Waals surface area contributed by atoms with E-state index in [-0.39, 0.29) is 17.2 Å². The molecule has 5 heteroatoms. The van der Waals surface area contributed by atoms with Crippen LogP contribution in [0.4, 0.5) is 5.69 Å². The summed E-state index contributed by atoms with van der Waals surface area (Å²) in [6, 6.07) is 13.0. The quantitative estimate of drug-likeness (QED) is 0.762. The molecule has 1 aliphatic carbocycles. The summed E-state index contributed by atoms with van der Waals surface area (Å²) in [4.78, 5) is 24.6. The number of nitrogens with one attached hydrogen (secondary N) is 2. The number of anilines is 1. The van der Waals surface area contributed by atoms with E-state index >= 15 is 0 Å². The Labute approximate surface area is 138 Å². The molecule has 0 aliphatic heterocycles. The van der Waals surface area contributed by atoms with E-state index in [1.165, 1.54) is 17.5 Å². The molecule has 3 aromatic rings. The zero-order valence-corrected chi connectivity index (χ0v) is 13.1. The second kappa shape index (κ2) is 5.92. The number of aromatic amines is 1. The van der Waals surface area contributed by atoms with E-state index in [0.717, 1.165) is 24.9 Å². The summed E-state index contributed by atoms with van der Waals surface area (Å²) in [5.74, 6) is -0.304. The van der Waals surface area contributed by atoms with Crippen LogP contribution < -0.4 is 10.9 Å². The number of aromatic nitrogens is 2. The topological polar surface area (TPSA) is 74.8 Å². The highest BCUT2D eigenvalue weighted by Gasteiger charge is 2.18. The highest BCUT2D eigenvalue weighted by molar-refractivity contribution is 6.11. The maximum atomic E-state index is 12.7. The lowest BCUT2D eigenvalue weighted by molar-refractivity contribution is 0.102. The van der Waals surface area contributed by atoms with Gasteiger partial charge in [-0.25, -0.2) is 5.10 Å². The van der Waals surface area contributed by atoms with Crippen LogP contribution in [-0.2, 0) is 12.8 Å². The van der Waals surface area contributed by atoms with Crippen molar-refractivity contribution in [2.45, 2.75) is 25.7 Å². The molecule has 120 valence electrons. The zero-order chi connectivity index (χ0) is 16.5. The summed E-state index contributed by atoms with van der Waals surface area (Å²) in [5.41, 5.74) is 3.30. The fourth-order valence-corrected chi connectivity index (χ4v) is 3.37. The number of benzene rings is 2. The minimum atomic E-state index is -0.304. The van der Waals surface area contributed by atoms with Crippen LogP contribution in [0.3, 0.4) is 0 Å². The third-order valence-electron chi connectivity index (χ3n) is 4.56. The van der Waals surface area contributed by atoms with Crippen molar-refractivity contribution in [3.05, 3.63) is 69.6 Å². The van der Waals surface area contributed by atoms with Gasteiger partial charge in [-0.15, -0.1) is 0 Å². The molecular weight excluding hydrogens is 302 g/mol. The smallest absolute Gasteiger partial charge is 0.276 e. The molecule has 0 spiro atoms. The number of carbonyl (C=O) groups excluding carboxylic acids is 1. The lowest BCUT2D eigenvalue weighted by Gasteiger charge is -2.19. The number of fused-ring (bicyclic) bond motifs is 2. The van der Waals surface area contributed by atoms with Gasteiger partial charge < -0.3 is 5.32 Å². The number of hydrogen-bond donors (Lipinski definition) is 2. The van der Waals surface area contributed by atoms with Crippen LogP contribution in [0, 0.1) is 0 Å². The highest BCUT2D eigenvalue weighted by Crippen LogP contribution is 2.28. The van der Waals surface area contributed by atoms with Crippen LogP contribution in [0.15, 0.2) is 47.3 Å². The van der Waals surface area contributed by atoms with E-state index in [1.807, 2.05) is 12.1 Å². The van der Waals surface area contributed by atoms with Crippen LogP contribution in [0.1, 0.15) is 34.5 Å². The number of H-pyrrole nitrogens is 1. The van der Waals surface area contributed by atoms with Gasteiger partial charge >= 0.3 is 0 Å². The summed E-state index contributed by atoms with van der Waals surface area (Å²) in [5, 5.41) is 10.4. The van der Waals surface area contributed by atoms with Crippen molar-refractivity contribution in [1.29, 1.82) is 0 Å². The minimum absolute atomic E-state index is 0.235. The Hall–Kier alpha value is -2.95. The van der Waals surface area contributed by atoms with Crippen molar-refractivity contribution in [1.82, 2.24) is 10.2 Å². The van der Waals surface area contributed by atoms with Gasteiger partial charge in [0.05, 0.1) is 5.39 Å². The Morgan fingerprint density at radius 1 is 1.00 bits per heavy atom. The number of hydrogen-bond acceptors (Lipinski definition) is 3. The predicted octanol–water partition coefficient (Wildman–Crippen LogP) is 3.05. The molecule has 1 aliphatic rings. The normalized spacial score (nSPS) is 13.5. The molecule has 24 heavy (non-hydrogen) atoms. The monoisotopic (exact) mass is 319 g/mol. The highest BCUT2D eigenvalue weighted by atomic mass is 16.2. The summed E-state index contributed by atoms with van der Waals surface area (Å²) in [6.45, 7) is 0. The van der Waals surface area contributed by atoms with E-state index in [1.54, 1.807) is 24.3 Å². The SMILES string of the molecule is O=C(Nc1cccc2c1CCCC2)c1n[nH]c(=O)c2ccccc12. The van der Waals surface area contributed by atoms with Crippen molar-refractivity contribution in [3.63, 3.8) is 0 Å². The van der Waals surface area contributed by atoms with Gasteiger partial charge in [0.15, 0.2) is 5.69 Å². The molecule has 1 heterocycles. The zero-order valence-electron chi connectivity index (χ0n) is 13.1. The molecule has 5 nitrogen and oxygen atoms in total. The van der Waals surface area contributed by atoms with Crippen LogP contribution in [0.25, 0.3) is 10.8 Å². The third kappa shape index (κ3) is 2.48. The molecule has 4 rings (SSSR count). The van der Waals surface area contributed by atoms with Gasteiger partial charge in [-0.3, -0.25) is 9.59 Å². The third-order valence-corrected chi connectivity index (χ3v) is 4.56. The Morgan fingerprint density at radius 2 is 1.79 bits per heavy atom. The van der Waals surface area contributed by atoms with Crippen molar-refractivity contribution in [2.75, 3.05) is 5.32 Å². The fourth-order valence-electron chi connectivity index (χ4n) is 3.37. The summed E-state index contributed by atoms with van der Waals surface area (Å²) < 4.78 is 0. The Morgan fingerprint density at radius 3 is 2.67 bits per heavy atom. The number of amides is 1. The van der Waals surface area contributed by atoms with E-state index in [2.05, 4.69) is 21.6 Å². The van der Waals surface area contributed by atoms with Crippen LogP contribution >= 0.6 is 0 Å². The van der Waals surface area contributed by atoms with E-state index in [0.29, 0.717) is 10.8 Å². The molecule has 2 aromatic carbocycles. The van der Waals surface area contributed by atoms with Crippen molar-refractivity contribution in [2.24, 2.45) is 0 Å². The van der Waals surface area contributed by atoms with Gasteiger partial charge in [-0.1, -0.05) is 30.3 Å². The number of carbonyl (C=O) groups is 1. The molecule has 0 radical (unpaired) electrons. The molecule has 0 saturated heterocycles. The average Bonchev–Trinajstić information content (AvgIpc) is 2.62. The molecule has 0 saturated carbocycles. The van der Waals surface area contributed by atoms with E-state index in [4.69, 9.17) is 0 Å². The predicted molar refractivity (Wildman–Crippen MR) is 93.4 cm³/mol. The van der Waals surface area contributed by atoms with E-state index in [9.17, 15) is 9.59 Å². The van der Waals surface area contributed by atoms with Crippen molar-refractivity contribution >= 4 is 22.4 Å². The van der Waals surface area contributed by atoms with Gasteiger partial charge in [-0.05, 0) is 48.9 Å². The standard InChI is InChI=1S/C19H17N3O2/c23-18-15-10-4-3-9-14(15)17(21-22-18)19(24)20-16-11-5-7-12-6-1-2-8-13(12)16/h3-5,7,9-11H,1-2,6,8H2,(H,20,24)(H,22,23). The Bertz CT molecular complexity index is 991. The average molecular weight is 319 g/mol. The molecule has 0 atom stereocenters.